The molecule has 3 aromatic rings. The first-order valence-corrected chi connectivity index (χ1v) is 7.90. The standard InChI is InChI=1S/C17H11Cl2F2N3O/c1-9-6-16(24(23-9)15-5-3-2-4-13(15)20)22-17(25)10-7-14(21)12(19)8-11(10)18/h2-8H,1H3,(H,22,25). The number of hydrogen-bond donors (Lipinski definition) is 1. The van der Waals surface area contributed by atoms with E-state index in [1.54, 1.807) is 25.1 Å². The zero-order valence-corrected chi connectivity index (χ0v) is 14.4. The molecule has 1 heterocycles. The SMILES string of the molecule is Cc1cc(NC(=O)c2cc(F)c(Cl)cc2Cl)n(-c2ccccc2F)n1. The van der Waals surface area contributed by atoms with Gasteiger partial charge in [-0.1, -0.05) is 35.3 Å². The van der Waals surface area contributed by atoms with Gasteiger partial charge in [-0.15, -0.1) is 0 Å². The van der Waals surface area contributed by atoms with Gasteiger partial charge < -0.3 is 5.32 Å². The van der Waals surface area contributed by atoms with Crippen LogP contribution in [0.5, 0.6) is 0 Å². The van der Waals surface area contributed by atoms with E-state index in [9.17, 15) is 13.6 Å². The smallest absolute Gasteiger partial charge is 0.258 e. The fourth-order valence-electron chi connectivity index (χ4n) is 2.28. The average Bonchev–Trinajstić information content (AvgIpc) is 2.91. The number of halogens is 4. The topological polar surface area (TPSA) is 46.9 Å². The third kappa shape index (κ3) is 3.50. The molecule has 0 radical (unpaired) electrons. The summed E-state index contributed by atoms with van der Waals surface area (Å²) >= 11 is 11.6. The Labute approximate surface area is 152 Å². The second-order valence-electron chi connectivity index (χ2n) is 5.23. The zero-order chi connectivity index (χ0) is 18.1. The van der Waals surface area contributed by atoms with Crippen molar-refractivity contribution in [1.82, 2.24) is 9.78 Å². The van der Waals surface area contributed by atoms with Crippen molar-refractivity contribution in [2.24, 2.45) is 0 Å². The number of nitrogens with zero attached hydrogens (tertiary/aromatic N) is 2. The molecule has 0 aliphatic rings. The fourth-order valence-corrected chi connectivity index (χ4v) is 2.74. The van der Waals surface area contributed by atoms with E-state index in [-0.39, 0.29) is 27.1 Å². The van der Waals surface area contributed by atoms with Gasteiger partial charge in [0.25, 0.3) is 5.91 Å². The molecule has 0 spiro atoms. The Hall–Kier alpha value is -2.44. The van der Waals surface area contributed by atoms with Gasteiger partial charge in [0.15, 0.2) is 0 Å². The molecule has 0 bridgehead atoms. The minimum absolute atomic E-state index is 0.00224. The monoisotopic (exact) mass is 381 g/mol. The summed E-state index contributed by atoms with van der Waals surface area (Å²) in [7, 11) is 0. The van der Waals surface area contributed by atoms with Gasteiger partial charge in [0.05, 0.1) is 21.3 Å². The summed E-state index contributed by atoms with van der Waals surface area (Å²) in [5, 5.41) is 6.55. The van der Waals surface area contributed by atoms with Gasteiger partial charge in [0.2, 0.25) is 0 Å². The molecule has 25 heavy (non-hydrogen) atoms. The van der Waals surface area contributed by atoms with Crippen molar-refractivity contribution in [2.45, 2.75) is 6.92 Å². The van der Waals surface area contributed by atoms with Crippen LogP contribution in [0, 0.1) is 18.6 Å². The van der Waals surface area contributed by atoms with Crippen LogP contribution in [0.25, 0.3) is 5.69 Å². The number of nitrogens with one attached hydrogen (secondary N) is 1. The van der Waals surface area contributed by atoms with Crippen molar-refractivity contribution in [3.63, 3.8) is 0 Å². The van der Waals surface area contributed by atoms with Crippen LogP contribution in [0.15, 0.2) is 42.5 Å². The predicted molar refractivity (Wildman–Crippen MR) is 92.6 cm³/mol. The third-order valence-corrected chi connectivity index (χ3v) is 4.01. The van der Waals surface area contributed by atoms with E-state index in [2.05, 4.69) is 10.4 Å². The van der Waals surface area contributed by atoms with Crippen molar-refractivity contribution in [2.75, 3.05) is 5.32 Å². The Morgan fingerprint density at radius 2 is 1.80 bits per heavy atom. The van der Waals surface area contributed by atoms with Crippen molar-refractivity contribution < 1.29 is 13.6 Å². The molecule has 1 amide bonds. The number of anilines is 1. The van der Waals surface area contributed by atoms with E-state index < -0.39 is 17.5 Å². The molecule has 128 valence electrons. The molecule has 2 aromatic carbocycles. The molecule has 0 aliphatic carbocycles. The van der Waals surface area contributed by atoms with Crippen molar-refractivity contribution in [3.05, 3.63) is 75.4 Å². The van der Waals surface area contributed by atoms with Gasteiger partial charge >= 0.3 is 0 Å². The van der Waals surface area contributed by atoms with Crippen LogP contribution in [-0.2, 0) is 0 Å². The third-order valence-electron chi connectivity index (χ3n) is 3.41. The van der Waals surface area contributed by atoms with Crippen LogP contribution < -0.4 is 5.32 Å². The van der Waals surface area contributed by atoms with E-state index in [4.69, 9.17) is 23.2 Å². The summed E-state index contributed by atoms with van der Waals surface area (Å²) in [5.41, 5.74) is 0.633. The molecule has 8 heteroatoms. The van der Waals surface area contributed by atoms with E-state index in [0.717, 1.165) is 12.1 Å². The lowest BCUT2D eigenvalue weighted by Crippen LogP contribution is -2.16. The van der Waals surface area contributed by atoms with Crippen LogP contribution >= 0.6 is 23.2 Å². The molecule has 1 N–H and O–H groups in total. The molecule has 0 unspecified atom stereocenters. The summed E-state index contributed by atoms with van der Waals surface area (Å²) in [6.45, 7) is 1.70. The molecule has 0 fully saturated rings. The number of amides is 1. The molecular formula is C17H11Cl2F2N3O. The normalized spacial score (nSPS) is 10.8. The maximum Gasteiger partial charge on any atom is 0.258 e. The largest absolute Gasteiger partial charge is 0.306 e. The molecule has 0 saturated heterocycles. The van der Waals surface area contributed by atoms with E-state index in [1.165, 1.54) is 16.8 Å². The lowest BCUT2D eigenvalue weighted by molar-refractivity contribution is 0.102. The summed E-state index contributed by atoms with van der Waals surface area (Å²) in [6.07, 6.45) is 0. The van der Waals surface area contributed by atoms with Gasteiger partial charge in [-0.25, -0.2) is 13.5 Å². The Kier molecular flexibility index (Phi) is 4.74. The molecule has 0 aliphatic heterocycles. The molecule has 0 atom stereocenters. The first kappa shape index (κ1) is 17.4. The highest BCUT2D eigenvalue weighted by Gasteiger charge is 2.18. The molecule has 3 rings (SSSR count). The summed E-state index contributed by atoms with van der Waals surface area (Å²) < 4.78 is 28.9. The number of hydrogen-bond acceptors (Lipinski definition) is 2. The Morgan fingerprint density at radius 3 is 2.52 bits per heavy atom. The van der Waals surface area contributed by atoms with Gasteiger partial charge in [-0.3, -0.25) is 4.79 Å². The molecule has 1 aromatic heterocycles. The lowest BCUT2D eigenvalue weighted by Gasteiger charge is -2.10. The number of carbonyl (C=O) groups is 1. The number of benzene rings is 2. The summed E-state index contributed by atoms with van der Waals surface area (Å²) in [6, 6.07) is 9.64. The second-order valence-corrected chi connectivity index (χ2v) is 6.05. The van der Waals surface area contributed by atoms with Crippen LogP contribution in [0.4, 0.5) is 14.6 Å². The maximum atomic E-state index is 14.0. The first-order chi connectivity index (χ1) is 11.9. The highest BCUT2D eigenvalue weighted by molar-refractivity contribution is 6.37. The van der Waals surface area contributed by atoms with E-state index in [0.29, 0.717) is 5.69 Å². The minimum atomic E-state index is -0.769. The molecule has 4 nitrogen and oxygen atoms in total. The van der Waals surface area contributed by atoms with Gasteiger partial charge in [-0.05, 0) is 31.2 Å². The van der Waals surface area contributed by atoms with Crippen LogP contribution in [0.1, 0.15) is 16.1 Å². The van der Waals surface area contributed by atoms with Gasteiger partial charge in [0, 0.05) is 6.07 Å². The van der Waals surface area contributed by atoms with Crippen molar-refractivity contribution >= 4 is 34.9 Å². The Balaban J connectivity index is 1.98. The fraction of sp³-hybridized carbons (Fsp3) is 0.0588. The second kappa shape index (κ2) is 6.82. The summed E-state index contributed by atoms with van der Waals surface area (Å²) in [5.74, 6) is -1.72. The number of aromatic nitrogens is 2. The van der Waals surface area contributed by atoms with Crippen LogP contribution in [-0.4, -0.2) is 15.7 Å². The minimum Gasteiger partial charge on any atom is -0.306 e. The van der Waals surface area contributed by atoms with Crippen LogP contribution in [0.2, 0.25) is 10.0 Å². The predicted octanol–water partition coefficient (Wildman–Crippen LogP) is 5.02. The van der Waals surface area contributed by atoms with Crippen LogP contribution in [0.3, 0.4) is 0 Å². The Morgan fingerprint density at radius 1 is 1.08 bits per heavy atom. The maximum absolute atomic E-state index is 14.0. The van der Waals surface area contributed by atoms with Gasteiger partial charge in [-0.2, -0.15) is 5.10 Å². The van der Waals surface area contributed by atoms with Crippen molar-refractivity contribution in [3.8, 4) is 5.69 Å². The zero-order valence-electron chi connectivity index (χ0n) is 12.9. The lowest BCUT2D eigenvalue weighted by atomic mass is 10.2. The van der Waals surface area contributed by atoms with E-state index >= 15 is 0 Å². The molecular weight excluding hydrogens is 371 g/mol. The average molecular weight is 382 g/mol. The summed E-state index contributed by atoms with van der Waals surface area (Å²) in [4.78, 5) is 12.4. The number of aryl methyl sites for hydroxylation is 1. The highest BCUT2D eigenvalue weighted by atomic mass is 35.5. The van der Waals surface area contributed by atoms with Crippen molar-refractivity contribution in [1.29, 1.82) is 0 Å². The Bertz CT molecular complexity index is 973. The number of rotatable bonds is 3. The first-order valence-electron chi connectivity index (χ1n) is 7.14. The van der Waals surface area contributed by atoms with E-state index in [1.807, 2.05) is 0 Å². The van der Waals surface area contributed by atoms with Gasteiger partial charge in [0.1, 0.15) is 23.1 Å². The quantitative estimate of drug-likeness (QED) is 0.647. The highest BCUT2D eigenvalue weighted by Crippen LogP contribution is 2.26. The number of para-hydroxylation sites is 1. The molecule has 0 saturated carbocycles. The number of carbonyl (C=O) groups excluding carboxylic acids is 1.